The number of thiophene rings is 1. The second kappa shape index (κ2) is 5.07. The summed E-state index contributed by atoms with van der Waals surface area (Å²) in [7, 11) is -3.60. The summed E-state index contributed by atoms with van der Waals surface area (Å²) in [6.07, 6.45) is 0.982. The number of nitriles is 1. The van der Waals surface area contributed by atoms with E-state index in [1.165, 1.54) is 0 Å². The van der Waals surface area contributed by atoms with Gasteiger partial charge in [-0.25, -0.2) is 8.42 Å². The second-order valence-electron chi connectivity index (χ2n) is 4.09. The lowest BCUT2D eigenvalue weighted by atomic mass is 10.1. The first-order valence-corrected chi connectivity index (χ1v) is 8.19. The summed E-state index contributed by atoms with van der Waals surface area (Å²) in [4.78, 5) is 12.4. The Labute approximate surface area is 120 Å². The Kier molecular flexibility index (Phi) is 3.61. The zero-order chi connectivity index (χ0) is 14.9. The highest BCUT2D eigenvalue weighted by Crippen LogP contribution is 2.35. The zero-order valence-electron chi connectivity index (χ0n) is 10.5. The number of nitrogens with zero attached hydrogens (tertiary/aromatic N) is 1. The van der Waals surface area contributed by atoms with Gasteiger partial charge in [0.15, 0.2) is 9.84 Å². The van der Waals surface area contributed by atoms with Crippen LogP contribution in [-0.4, -0.2) is 20.5 Å². The van der Waals surface area contributed by atoms with Crippen LogP contribution in [0.3, 0.4) is 0 Å². The Morgan fingerprint density at radius 2 is 1.90 bits per heavy atom. The lowest BCUT2D eigenvalue weighted by Gasteiger charge is -1.98. The standard InChI is InChI=1S/C13H10N2O3S2/c1-20(17,18)13-9(7-14)10(15)12(19-13)11(16)8-5-3-2-4-6-8/h2-6H,15H2,1H3. The fourth-order valence-corrected chi connectivity index (χ4v) is 3.93. The molecule has 0 saturated carbocycles. The number of hydrogen-bond donors (Lipinski definition) is 1. The van der Waals surface area contributed by atoms with E-state index in [2.05, 4.69) is 0 Å². The van der Waals surface area contributed by atoms with Gasteiger partial charge in [0, 0.05) is 11.8 Å². The van der Waals surface area contributed by atoms with E-state index < -0.39 is 9.84 Å². The third kappa shape index (κ3) is 2.43. The minimum absolute atomic E-state index is 0.0770. The van der Waals surface area contributed by atoms with E-state index in [1.807, 2.05) is 0 Å². The molecule has 20 heavy (non-hydrogen) atoms. The van der Waals surface area contributed by atoms with Crippen LogP contribution in [0, 0.1) is 11.3 Å². The summed E-state index contributed by atoms with van der Waals surface area (Å²) in [5.41, 5.74) is 5.91. The van der Waals surface area contributed by atoms with Crippen LogP contribution < -0.4 is 5.73 Å². The number of sulfone groups is 1. The molecule has 0 unspecified atom stereocenters. The van der Waals surface area contributed by atoms with Gasteiger partial charge < -0.3 is 5.73 Å². The minimum Gasteiger partial charge on any atom is -0.396 e. The predicted molar refractivity (Wildman–Crippen MR) is 76.4 cm³/mol. The molecule has 5 nitrogen and oxygen atoms in total. The molecule has 0 fully saturated rings. The van der Waals surface area contributed by atoms with E-state index in [1.54, 1.807) is 36.4 Å². The maximum absolute atomic E-state index is 12.3. The zero-order valence-corrected chi connectivity index (χ0v) is 12.1. The number of rotatable bonds is 3. The quantitative estimate of drug-likeness (QED) is 0.872. The molecular formula is C13H10N2O3S2. The molecule has 0 aliphatic heterocycles. The first kappa shape index (κ1) is 14.2. The molecule has 0 spiro atoms. The van der Waals surface area contributed by atoms with Crippen LogP contribution in [-0.2, 0) is 9.84 Å². The Hall–Kier alpha value is -2.17. The van der Waals surface area contributed by atoms with E-state index in [-0.39, 0.29) is 26.1 Å². The second-order valence-corrected chi connectivity index (χ2v) is 7.32. The van der Waals surface area contributed by atoms with Crippen LogP contribution in [0.5, 0.6) is 0 Å². The van der Waals surface area contributed by atoms with Crippen LogP contribution in [0.15, 0.2) is 34.5 Å². The van der Waals surface area contributed by atoms with E-state index in [4.69, 9.17) is 11.0 Å². The molecule has 0 atom stereocenters. The maximum atomic E-state index is 12.3. The number of hydrogen-bond acceptors (Lipinski definition) is 6. The minimum atomic E-state index is -3.60. The molecule has 7 heteroatoms. The summed E-state index contributed by atoms with van der Waals surface area (Å²) in [5, 5.41) is 9.03. The van der Waals surface area contributed by atoms with Gasteiger partial charge in [0.05, 0.1) is 5.69 Å². The van der Waals surface area contributed by atoms with Gasteiger partial charge in [-0.15, -0.1) is 11.3 Å². The lowest BCUT2D eigenvalue weighted by molar-refractivity contribution is 0.104. The van der Waals surface area contributed by atoms with Crippen LogP contribution in [0.4, 0.5) is 5.69 Å². The third-order valence-corrected chi connectivity index (χ3v) is 5.64. The smallest absolute Gasteiger partial charge is 0.205 e. The number of benzene rings is 1. The van der Waals surface area contributed by atoms with Crippen LogP contribution in [0.1, 0.15) is 20.8 Å². The number of carbonyl (C=O) groups is 1. The van der Waals surface area contributed by atoms with E-state index in [9.17, 15) is 13.2 Å². The Bertz CT molecular complexity index is 815. The molecule has 0 saturated heterocycles. The van der Waals surface area contributed by atoms with Crippen molar-refractivity contribution in [1.29, 1.82) is 5.26 Å². The topological polar surface area (TPSA) is 101 Å². The fourth-order valence-electron chi connectivity index (χ4n) is 1.68. The van der Waals surface area contributed by atoms with Gasteiger partial charge in [0.2, 0.25) is 5.78 Å². The Balaban J connectivity index is 2.64. The largest absolute Gasteiger partial charge is 0.396 e. The summed E-state index contributed by atoms with van der Waals surface area (Å²) in [6.45, 7) is 0. The van der Waals surface area contributed by atoms with E-state index in [0.717, 1.165) is 17.6 Å². The maximum Gasteiger partial charge on any atom is 0.205 e. The molecule has 102 valence electrons. The summed E-state index contributed by atoms with van der Waals surface area (Å²) in [5.74, 6) is -0.389. The van der Waals surface area contributed by atoms with Gasteiger partial charge in [-0.1, -0.05) is 30.3 Å². The van der Waals surface area contributed by atoms with Gasteiger partial charge in [0.25, 0.3) is 0 Å². The third-order valence-electron chi connectivity index (χ3n) is 2.60. The number of ketones is 1. The van der Waals surface area contributed by atoms with Crippen molar-refractivity contribution in [1.82, 2.24) is 0 Å². The van der Waals surface area contributed by atoms with Crippen LogP contribution in [0.25, 0.3) is 0 Å². The van der Waals surface area contributed by atoms with Crippen LogP contribution in [0.2, 0.25) is 0 Å². The van der Waals surface area contributed by atoms with Crippen molar-refractivity contribution in [3.63, 3.8) is 0 Å². The summed E-state index contributed by atoms with van der Waals surface area (Å²) in [6, 6.07) is 10.1. The van der Waals surface area contributed by atoms with Crippen molar-refractivity contribution in [3.8, 4) is 6.07 Å². The average Bonchev–Trinajstić information content (AvgIpc) is 2.76. The highest BCUT2D eigenvalue weighted by atomic mass is 32.2. The van der Waals surface area contributed by atoms with Crippen molar-refractivity contribution in [2.24, 2.45) is 0 Å². The Morgan fingerprint density at radius 3 is 2.35 bits per heavy atom. The van der Waals surface area contributed by atoms with Crippen molar-refractivity contribution in [2.45, 2.75) is 4.21 Å². The van der Waals surface area contributed by atoms with Crippen molar-refractivity contribution >= 4 is 32.6 Å². The fraction of sp³-hybridized carbons (Fsp3) is 0.0769. The van der Waals surface area contributed by atoms with E-state index in [0.29, 0.717) is 5.56 Å². The number of nitrogen functional groups attached to an aromatic ring is 1. The predicted octanol–water partition coefficient (Wildman–Crippen LogP) is 1.84. The first-order valence-electron chi connectivity index (χ1n) is 5.48. The average molecular weight is 306 g/mol. The molecule has 2 aromatic rings. The van der Waals surface area contributed by atoms with Crippen molar-refractivity contribution in [2.75, 3.05) is 12.0 Å². The molecule has 2 N–H and O–H groups in total. The van der Waals surface area contributed by atoms with E-state index >= 15 is 0 Å². The van der Waals surface area contributed by atoms with Crippen molar-refractivity contribution < 1.29 is 13.2 Å². The van der Waals surface area contributed by atoms with Gasteiger partial charge in [-0.3, -0.25) is 4.79 Å². The van der Waals surface area contributed by atoms with Gasteiger partial charge in [-0.05, 0) is 0 Å². The van der Waals surface area contributed by atoms with Gasteiger partial charge in [-0.2, -0.15) is 5.26 Å². The highest BCUT2D eigenvalue weighted by molar-refractivity contribution is 7.92. The van der Waals surface area contributed by atoms with Crippen molar-refractivity contribution in [3.05, 3.63) is 46.3 Å². The molecule has 0 amide bonds. The Morgan fingerprint density at radius 1 is 1.30 bits per heavy atom. The molecular weight excluding hydrogens is 296 g/mol. The molecule has 1 heterocycles. The number of anilines is 1. The normalized spacial score (nSPS) is 11.0. The van der Waals surface area contributed by atoms with Gasteiger partial charge in [0.1, 0.15) is 20.7 Å². The number of nitrogens with two attached hydrogens (primary N) is 1. The SMILES string of the molecule is CS(=O)(=O)c1sc(C(=O)c2ccccc2)c(N)c1C#N. The number of carbonyl (C=O) groups excluding carboxylic acids is 1. The molecule has 0 aliphatic carbocycles. The summed E-state index contributed by atoms with van der Waals surface area (Å²) < 4.78 is 23.1. The van der Waals surface area contributed by atoms with Gasteiger partial charge >= 0.3 is 0 Å². The highest BCUT2D eigenvalue weighted by Gasteiger charge is 2.26. The summed E-state index contributed by atoms with van der Waals surface area (Å²) >= 11 is 0.736. The molecule has 1 aromatic heterocycles. The molecule has 0 aliphatic rings. The monoisotopic (exact) mass is 306 g/mol. The molecule has 0 radical (unpaired) electrons. The molecule has 1 aromatic carbocycles. The first-order chi connectivity index (χ1) is 9.36. The molecule has 2 rings (SSSR count). The van der Waals surface area contributed by atoms with Crippen LogP contribution >= 0.6 is 11.3 Å². The molecule has 0 bridgehead atoms. The lowest BCUT2D eigenvalue weighted by Crippen LogP contribution is -2.02.